The van der Waals surface area contributed by atoms with Crippen molar-refractivity contribution < 1.29 is 14.3 Å². The first-order valence-electron chi connectivity index (χ1n) is 13.4. The van der Waals surface area contributed by atoms with Crippen LogP contribution in [0.5, 0.6) is 11.5 Å². The zero-order valence-electron chi connectivity index (χ0n) is 22.5. The zero-order chi connectivity index (χ0) is 28.3. The van der Waals surface area contributed by atoms with E-state index in [2.05, 4.69) is 6.07 Å². The lowest BCUT2D eigenvalue weighted by Crippen LogP contribution is -2.42. The van der Waals surface area contributed by atoms with Crippen molar-refractivity contribution in [2.45, 2.75) is 25.0 Å². The van der Waals surface area contributed by atoms with Crippen LogP contribution < -0.4 is 14.4 Å². The second-order valence-electron chi connectivity index (χ2n) is 10.6. The molecule has 1 amide bonds. The van der Waals surface area contributed by atoms with Crippen LogP contribution in [0.4, 0.5) is 5.69 Å². The van der Waals surface area contributed by atoms with E-state index in [-0.39, 0.29) is 5.91 Å². The van der Waals surface area contributed by atoms with Gasteiger partial charge in [0.25, 0.3) is 0 Å². The molecule has 0 saturated carbocycles. The highest BCUT2D eigenvalue weighted by molar-refractivity contribution is 6.31. The molecule has 1 spiro atoms. The number of hydrogen-bond acceptors (Lipinski definition) is 4. The summed E-state index contributed by atoms with van der Waals surface area (Å²) in [7, 11) is 1.62. The predicted octanol–water partition coefficient (Wildman–Crippen LogP) is 7.49. The quantitative estimate of drug-likeness (QED) is 0.261. The molecule has 5 nitrogen and oxygen atoms in total. The molecule has 0 aromatic heterocycles. The molecule has 3 aliphatic rings. The van der Waals surface area contributed by atoms with Crippen LogP contribution in [-0.4, -0.2) is 13.0 Å². The van der Waals surface area contributed by atoms with Gasteiger partial charge in [0.05, 0.1) is 25.3 Å². The van der Waals surface area contributed by atoms with E-state index in [1.807, 2.05) is 103 Å². The number of ether oxygens (including phenoxy) is 2. The fourth-order valence-electron chi connectivity index (χ4n) is 6.45. The predicted molar refractivity (Wildman–Crippen MR) is 159 cm³/mol. The summed E-state index contributed by atoms with van der Waals surface area (Å²) in [5, 5.41) is 11.2. The Hall–Kier alpha value is -4.79. The van der Waals surface area contributed by atoms with E-state index in [0.29, 0.717) is 28.6 Å². The lowest BCUT2D eigenvalue weighted by Gasteiger charge is -2.35. The third-order valence-electron chi connectivity index (χ3n) is 8.22. The van der Waals surface area contributed by atoms with Crippen molar-refractivity contribution in [1.29, 1.82) is 5.26 Å². The number of aryl methyl sites for hydroxylation is 1. The number of hydrogen-bond donors (Lipinski definition) is 0. The Morgan fingerprint density at radius 1 is 1.02 bits per heavy atom. The Bertz CT molecular complexity index is 1850. The minimum absolute atomic E-state index is 0.156. The average molecular weight is 557 g/mol. The Kier molecular flexibility index (Phi) is 5.78. The van der Waals surface area contributed by atoms with Crippen molar-refractivity contribution in [2.24, 2.45) is 0 Å². The summed E-state index contributed by atoms with van der Waals surface area (Å²) in [6, 6.07) is 31.5. The molecule has 2 atom stereocenters. The fourth-order valence-corrected chi connectivity index (χ4v) is 6.62. The number of halogens is 1. The molecular formula is C35H25ClN2O3. The summed E-state index contributed by atoms with van der Waals surface area (Å²) in [4.78, 5) is 16.8. The first kappa shape index (κ1) is 25.2. The number of nitrogens with zero attached hydrogens (tertiary/aromatic N) is 2. The molecule has 4 aromatic carbocycles. The Balaban J connectivity index is 1.52. The van der Waals surface area contributed by atoms with Gasteiger partial charge in [0.15, 0.2) is 0 Å². The second kappa shape index (κ2) is 9.40. The van der Waals surface area contributed by atoms with E-state index in [0.717, 1.165) is 44.7 Å². The average Bonchev–Trinajstić information content (AvgIpc) is 3.46. The Morgan fingerprint density at radius 3 is 2.63 bits per heavy atom. The van der Waals surface area contributed by atoms with E-state index < -0.39 is 11.5 Å². The van der Waals surface area contributed by atoms with Crippen molar-refractivity contribution >= 4 is 28.8 Å². The SMILES string of the molecule is COc1cccc(C2Oc3ccc(Cl)cc3C3=C2C=C(C#N)C32C(=O)N(Cc3ccccc3)c3ccc(C)cc32)c1. The molecule has 0 N–H and O–H groups in total. The van der Waals surface area contributed by atoms with Gasteiger partial charge in [0, 0.05) is 33.0 Å². The summed E-state index contributed by atoms with van der Waals surface area (Å²) < 4.78 is 12.1. The maximum atomic E-state index is 15.0. The number of rotatable bonds is 4. The fraction of sp³-hybridized carbons (Fsp3) is 0.143. The van der Waals surface area contributed by atoms with Gasteiger partial charge in [-0.3, -0.25) is 4.79 Å². The number of benzene rings is 4. The summed E-state index contributed by atoms with van der Waals surface area (Å²) in [6.45, 7) is 2.39. The minimum atomic E-state index is -1.33. The van der Waals surface area contributed by atoms with Crippen LogP contribution >= 0.6 is 11.6 Å². The highest BCUT2D eigenvalue weighted by Crippen LogP contribution is 2.62. The monoisotopic (exact) mass is 556 g/mol. The van der Waals surface area contributed by atoms with Gasteiger partial charge in [0.1, 0.15) is 23.0 Å². The molecule has 2 unspecified atom stereocenters. The molecule has 0 bridgehead atoms. The summed E-state index contributed by atoms with van der Waals surface area (Å²) >= 11 is 6.55. The van der Waals surface area contributed by atoms with Crippen molar-refractivity contribution in [3.05, 3.63) is 141 Å². The second-order valence-corrected chi connectivity index (χ2v) is 11.0. The van der Waals surface area contributed by atoms with Crippen LogP contribution in [0.1, 0.15) is 33.9 Å². The maximum Gasteiger partial charge on any atom is 0.247 e. The lowest BCUT2D eigenvalue weighted by atomic mass is 9.68. The van der Waals surface area contributed by atoms with Gasteiger partial charge in [-0.1, -0.05) is 71.8 Å². The highest BCUT2D eigenvalue weighted by atomic mass is 35.5. The summed E-state index contributed by atoms with van der Waals surface area (Å²) in [5.74, 6) is 1.15. The number of carbonyl (C=O) groups excluding carboxylic acids is 1. The van der Waals surface area contributed by atoms with Crippen molar-refractivity contribution in [3.8, 4) is 17.6 Å². The number of carbonyl (C=O) groups is 1. The summed E-state index contributed by atoms with van der Waals surface area (Å²) in [6.07, 6.45) is 1.29. The van der Waals surface area contributed by atoms with E-state index in [9.17, 15) is 10.1 Å². The van der Waals surface area contributed by atoms with Gasteiger partial charge in [-0.05, 0) is 60.5 Å². The molecule has 2 heterocycles. The number of methoxy groups -OCH3 is 1. The van der Waals surface area contributed by atoms with Gasteiger partial charge in [-0.15, -0.1) is 0 Å². The largest absolute Gasteiger partial charge is 0.497 e. The van der Waals surface area contributed by atoms with Crippen LogP contribution in [-0.2, 0) is 16.8 Å². The van der Waals surface area contributed by atoms with Crippen LogP contribution in [0.2, 0.25) is 5.02 Å². The third kappa shape index (κ3) is 3.65. The smallest absolute Gasteiger partial charge is 0.247 e. The molecule has 200 valence electrons. The van der Waals surface area contributed by atoms with Gasteiger partial charge >= 0.3 is 0 Å². The van der Waals surface area contributed by atoms with E-state index >= 15 is 0 Å². The minimum Gasteiger partial charge on any atom is -0.497 e. The van der Waals surface area contributed by atoms with Gasteiger partial charge in [0.2, 0.25) is 5.91 Å². The molecule has 6 heteroatoms. The molecule has 0 fully saturated rings. The molecule has 1 aliphatic carbocycles. The molecule has 2 aliphatic heterocycles. The standard InChI is InChI=1S/C35H25ClN2O3/c1-21-11-13-30-29(15-21)35(34(39)38(30)20-22-7-4-3-5-8-22)24(19-37)17-28-32(35)27-18-25(36)12-14-31(27)41-33(28)23-9-6-10-26(16-23)40-2/h3-18,33H,20H2,1-2H3. The van der Waals surface area contributed by atoms with Crippen molar-refractivity contribution in [3.63, 3.8) is 0 Å². The molecule has 0 saturated heterocycles. The van der Waals surface area contributed by atoms with E-state index in [4.69, 9.17) is 21.1 Å². The molecular weight excluding hydrogens is 532 g/mol. The highest BCUT2D eigenvalue weighted by Gasteiger charge is 2.61. The Labute approximate surface area is 243 Å². The first-order valence-corrected chi connectivity index (χ1v) is 13.8. The number of amides is 1. The molecule has 4 aromatic rings. The van der Waals surface area contributed by atoms with Gasteiger partial charge in [-0.25, -0.2) is 0 Å². The molecule has 7 rings (SSSR count). The van der Waals surface area contributed by atoms with Crippen LogP contribution in [0.3, 0.4) is 0 Å². The van der Waals surface area contributed by atoms with E-state index in [1.165, 1.54) is 0 Å². The normalized spacial score (nSPS) is 20.2. The lowest BCUT2D eigenvalue weighted by molar-refractivity contribution is -0.120. The number of anilines is 1. The van der Waals surface area contributed by atoms with Crippen LogP contribution in [0.15, 0.2) is 108 Å². The Morgan fingerprint density at radius 2 is 1.85 bits per heavy atom. The van der Waals surface area contributed by atoms with Gasteiger partial charge in [-0.2, -0.15) is 5.26 Å². The van der Waals surface area contributed by atoms with Crippen LogP contribution in [0.25, 0.3) is 5.57 Å². The topological polar surface area (TPSA) is 62.6 Å². The number of fused-ring (bicyclic) bond motifs is 5. The third-order valence-corrected chi connectivity index (χ3v) is 8.45. The summed E-state index contributed by atoms with van der Waals surface area (Å²) in [5.41, 5.74) is 5.75. The van der Waals surface area contributed by atoms with Gasteiger partial charge < -0.3 is 14.4 Å². The van der Waals surface area contributed by atoms with E-state index in [1.54, 1.807) is 13.2 Å². The maximum absolute atomic E-state index is 15.0. The number of nitriles is 1. The molecule has 41 heavy (non-hydrogen) atoms. The van der Waals surface area contributed by atoms with Crippen molar-refractivity contribution in [2.75, 3.05) is 12.0 Å². The zero-order valence-corrected chi connectivity index (χ0v) is 23.3. The van der Waals surface area contributed by atoms with Crippen LogP contribution in [0, 0.1) is 18.3 Å². The molecule has 0 radical (unpaired) electrons. The van der Waals surface area contributed by atoms with Crippen molar-refractivity contribution in [1.82, 2.24) is 0 Å². The first-order chi connectivity index (χ1) is 19.9.